The molecule has 8 nitrogen and oxygen atoms in total. The fourth-order valence-electron chi connectivity index (χ4n) is 3.63. The number of carbonyl (C=O) groups is 3. The summed E-state index contributed by atoms with van der Waals surface area (Å²) in [7, 11) is 0. The molecule has 3 rings (SSSR count). The highest BCUT2D eigenvalue weighted by atomic mass is 16.5. The summed E-state index contributed by atoms with van der Waals surface area (Å²) in [5.41, 5.74) is 1.64. The summed E-state index contributed by atoms with van der Waals surface area (Å²) < 4.78 is 5.93. The van der Waals surface area contributed by atoms with Gasteiger partial charge in [-0.15, -0.1) is 0 Å². The first kappa shape index (κ1) is 24.1. The zero-order valence-electron chi connectivity index (χ0n) is 19.6. The van der Waals surface area contributed by atoms with Crippen LogP contribution in [0.5, 0.6) is 5.75 Å². The number of fused-ring (bicyclic) bond motifs is 1. The lowest BCUT2D eigenvalue weighted by atomic mass is 10.1. The summed E-state index contributed by atoms with van der Waals surface area (Å²) in [5, 5.41) is 8.50. The molecule has 0 saturated heterocycles. The van der Waals surface area contributed by atoms with Crippen LogP contribution in [-0.4, -0.2) is 42.6 Å². The molecule has 0 aliphatic carbocycles. The lowest BCUT2D eigenvalue weighted by molar-refractivity contribution is -0.128. The molecule has 1 atom stereocenters. The van der Waals surface area contributed by atoms with E-state index in [2.05, 4.69) is 16.0 Å². The summed E-state index contributed by atoms with van der Waals surface area (Å²) in [5.74, 6) is 0.0152. The molecule has 1 heterocycles. The second-order valence-corrected chi connectivity index (χ2v) is 8.34. The molecule has 0 spiro atoms. The number of amides is 4. The van der Waals surface area contributed by atoms with Gasteiger partial charge in [-0.05, 0) is 63.1 Å². The van der Waals surface area contributed by atoms with Gasteiger partial charge in [-0.2, -0.15) is 0 Å². The first-order valence-corrected chi connectivity index (χ1v) is 11.4. The smallest absolute Gasteiger partial charge is 0.319 e. The lowest BCUT2D eigenvalue weighted by Crippen LogP contribution is -2.52. The SMILES string of the molecule is CCC(CC)NC(=O)C1CN(C(=O)c2ccc(NC(=O)NC(C)C)cc2)c2ccccc2O1. The quantitative estimate of drug-likeness (QED) is 0.593. The van der Waals surface area contributed by atoms with Gasteiger partial charge in [0.1, 0.15) is 5.75 Å². The van der Waals surface area contributed by atoms with Crippen LogP contribution in [0.25, 0.3) is 0 Å². The molecule has 1 aliphatic heterocycles. The van der Waals surface area contributed by atoms with E-state index in [1.54, 1.807) is 41.3 Å². The van der Waals surface area contributed by atoms with E-state index < -0.39 is 6.10 Å². The van der Waals surface area contributed by atoms with Crippen LogP contribution < -0.4 is 25.6 Å². The number of hydrogen-bond donors (Lipinski definition) is 3. The predicted octanol–water partition coefficient (Wildman–Crippen LogP) is 3.93. The van der Waals surface area contributed by atoms with Crippen molar-refractivity contribution in [1.82, 2.24) is 10.6 Å². The number of rotatable bonds is 7. The minimum atomic E-state index is -0.801. The molecule has 0 saturated carbocycles. The molecule has 176 valence electrons. The minimum absolute atomic E-state index is 0.0160. The normalized spacial score (nSPS) is 15.0. The van der Waals surface area contributed by atoms with Gasteiger partial charge in [0.2, 0.25) is 0 Å². The maximum Gasteiger partial charge on any atom is 0.319 e. The summed E-state index contributed by atoms with van der Waals surface area (Å²) >= 11 is 0. The van der Waals surface area contributed by atoms with Gasteiger partial charge in [-0.1, -0.05) is 26.0 Å². The molecule has 2 aromatic carbocycles. The summed E-state index contributed by atoms with van der Waals surface area (Å²) in [6, 6.07) is 13.6. The van der Waals surface area contributed by atoms with Gasteiger partial charge in [0.05, 0.1) is 12.2 Å². The van der Waals surface area contributed by atoms with Gasteiger partial charge < -0.3 is 25.6 Å². The monoisotopic (exact) mass is 452 g/mol. The van der Waals surface area contributed by atoms with Gasteiger partial charge >= 0.3 is 6.03 Å². The van der Waals surface area contributed by atoms with E-state index in [9.17, 15) is 14.4 Å². The topological polar surface area (TPSA) is 99.8 Å². The number of benzene rings is 2. The second-order valence-electron chi connectivity index (χ2n) is 8.34. The van der Waals surface area contributed by atoms with Crippen molar-refractivity contribution in [2.75, 3.05) is 16.8 Å². The van der Waals surface area contributed by atoms with Crippen LogP contribution in [0, 0.1) is 0 Å². The average Bonchev–Trinajstić information content (AvgIpc) is 2.81. The molecule has 2 aromatic rings. The molecule has 8 heteroatoms. The Hall–Kier alpha value is -3.55. The molecule has 1 unspecified atom stereocenters. The Kier molecular flexibility index (Phi) is 7.92. The number of hydrogen-bond acceptors (Lipinski definition) is 4. The highest BCUT2D eigenvalue weighted by Crippen LogP contribution is 2.34. The van der Waals surface area contributed by atoms with Crippen molar-refractivity contribution < 1.29 is 19.1 Å². The van der Waals surface area contributed by atoms with Crippen molar-refractivity contribution >= 4 is 29.2 Å². The molecular weight excluding hydrogens is 420 g/mol. The van der Waals surface area contributed by atoms with Crippen molar-refractivity contribution in [3.05, 3.63) is 54.1 Å². The van der Waals surface area contributed by atoms with E-state index in [-0.39, 0.29) is 36.5 Å². The summed E-state index contributed by atoms with van der Waals surface area (Å²) in [6.07, 6.45) is 0.846. The van der Waals surface area contributed by atoms with E-state index in [0.29, 0.717) is 22.7 Å². The van der Waals surface area contributed by atoms with Crippen LogP contribution in [0.15, 0.2) is 48.5 Å². The van der Waals surface area contributed by atoms with Gasteiger partial charge in [0.15, 0.2) is 6.10 Å². The average molecular weight is 453 g/mol. The van der Waals surface area contributed by atoms with Crippen molar-refractivity contribution in [1.29, 1.82) is 0 Å². The van der Waals surface area contributed by atoms with Gasteiger partial charge in [0.25, 0.3) is 11.8 Å². The van der Waals surface area contributed by atoms with Crippen LogP contribution >= 0.6 is 0 Å². The van der Waals surface area contributed by atoms with Gasteiger partial charge in [-0.3, -0.25) is 9.59 Å². The lowest BCUT2D eigenvalue weighted by Gasteiger charge is -2.34. The number of para-hydroxylation sites is 2. The molecule has 3 N–H and O–H groups in total. The maximum absolute atomic E-state index is 13.4. The molecule has 4 amide bonds. The summed E-state index contributed by atoms with van der Waals surface area (Å²) in [6.45, 7) is 7.90. The van der Waals surface area contributed by atoms with E-state index in [1.165, 1.54) is 0 Å². The van der Waals surface area contributed by atoms with E-state index >= 15 is 0 Å². The highest BCUT2D eigenvalue weighted by Gasteiger charge is 2.34. The van der Waals surface area contributed by atoms with E-state index in [0.717, 1.165) is 12.8 Å². The van der Waals surface area contributed by atoms with Crippen LogP contribution in [0.4, 0.5) is 16.2 Å². The molecule has 0 aromatic heterocycles. The summed E-state index contributed by atoms with van der Waals surface area (Å²) in [4.78, 5) is 39.7. The second kappa shape index (κ2) is 10.8. The number of urea groups is 1. The first-order chi connectivity index (χ1) is 15.8. The molecular formula is C25H32N4O4. The van der Waals surface area contributed by atoms with Crippen molar-refractivity contribution in [2.24, 2.45) is 0 Å². The minimum Gasteiger partial charge on any atom is -0.477 e. The first-order valence-electron chi connectivity index (χ1n) is 11.4. The van der Waals surface area contributed by atoms with E-state index in [1.807, 2.05) is 39.8 Å². The fraction of sp³-hybridized carbons (Fsp3) is 0.400. The molecule has 33 heavy (non-hydrogen) atoms. The largest absolute Gasteiger partial charge is 0.477 e. The van der Waals surface area contributed by atoms with Crippen LogP contribution in [0.2, 0.25) is 0 Å². The van der Waals surface area contributed by atoms with Gasteiger partial charge in [0, 0.05) is 23.3 Å². The zero-order chi connectivity index (χ0) is 24.0. The number of ether oxygens (including phenoxy) is 1. The van der Waals surface area contributed by atoms with E-state index in [4.69, 9.17) is 4.74 Å². The Morgan fingerprint density at radius 3 is 2.30 bits per heavy atom. The van der Waals surface area contributed by atoms with Crippen LogP contribution in [0.3, 0.4) is 0 Å². The van der Waals surface area contributed by atoms with Gasteiger partial charge in [-0.25, -0.2) is 4.79 Å². The number of nitrogens with one attached hydrogen (secondary N) is 3. The molecule has 0 fully saturated rings. The molecule has 0 bridgehead atoms. The Bertz CT molecular complexity index is 986. The Labute approximate surface area is 194 Å². The van der Waals surface area contributed by atoms with Crippen molar-refractivity contribution in [3.8, 4) is 5.75 Å². The Morgan fingerprint density at radius 1 is 1.00 bits per heavy atom. The molecule has 0 radical (unpaired) electrons. The third kappa shape index (κ3) is 6.03. The Morgan fingerprint density at radius 2 is 1.67 bits per heavy atom. The number of anilines is 2. The number of carbonyl (C=O) groups excluding carboxylic acids is 3. The standard InChI is InChI=1S/C25H32N4O4/c1-5-18(6-2)27-23(30)22-15-29(20-9-7-8-10-21(20)33-22)24(31)17-11-13-19(14-12-17)28-25(32)26-16(3)4/h7-14,16,18,22H,5-6,15H2,1-4H3,(H,27,30)(H2,26,28,32). The fourth-order valence-corrected chi connectivity index (χ4v) is 3.63. The molecule has 1 aliphatic rings. The van der Waals surface area contributed by atoms with Crippen molar-refractivity contribution in [2.45, 2.75) is 58.7 Å². The zero-order valence-corrected chi connectivity index (χ0v) is 19.6. The van der Waals surface area contributed by atoms with Crippen molar-refractivity contribution in [3.63, 3.8) is 0 Å². The Balaban J connectivity index is 1.78. The highest BCUT2D eigenvalue weighted by molar-refractivity contribution is 6.08. The maximum atomic E-state index is 13.4. The third-order valence-corrected chi connectivity index (χ3v) is 5.45. The number of nitrogens with zero attached hydrogens (tertiary/aromatic N) is 1. The van der Waals surface area contributed by atoms with Crippen LogP contribution in [0.1, 0.15) is 50.9 Å². The van der Waals surface area contributed by atoms with Crippen LogP contribution in [-0.2, 0) is 4.79 Å². The predicted molar refractivity (Wildman–Crippen MR) is 129 cm³/mol. The third-order valence-electron chi connectivity index (χ3n) is 5.45.